The largest absolute Gasteiger partial charge is 0.312 e. The molecule has 0 unspecified atom stereocenters. The lowest BCUT2D eigenvalue weighted by atomic mass is 10.1. The Labute approximate surface area is 146 Å². The summed E-state index contributed by atoms with van der Waals surface area (Å²) in [6, 6.07) is 6.15. The maximum absolute atomic E-state index is 4.30. The van der Waals surface area contributed by atoms with Crippen LogP contribution in [0, 0.1) is 0 Å². The molecule has 0 spiro atoms. The molecule has 0 saturated carbocycles. The number of nitrogens with zero attached hydrogens (tertiary/aromatic N) is 2. The summed E-state index contributed by atoms with van der Waals surface area (Å²) in [5, 5.41) is 14.2. The van der Waals surface area contributed by atoms with Gasteiger partial charge in [0.15, 0.2) is 0 Å². The van der Waals surface area contributed by atoms with E-state index in [2.05, 4.69) is 80.3 Å². The molecule has 1 aromatic heterocycles. The van der Waals surface area contributed by atoms with Gasteiger partial charge in [-0.15, -0.1) is 10.2 Å². The lowest BCUT2D eigenvalue weighted by Gasteiger charge is -2.20. The molecule has 0 saturated heterocycles. The highest BCUT2D eigenvalue weighted by Crippen LogP contribution is 2.29. The van der Waals surface area contributed by atoms with E-state index in [-0.39, 0.29) is 5.54 Å². The first-order valence-corrected chi connectivity index (χ1v) is 9.28. The van der Waals surface area contributed by atoms with E-state index in [1.165, 1.54) is 0 Å². The average Bonchev–Trinajstić information content (AvgIpc) is 2.81. The normalized spacial score (nSPS) is 11.9. The number of hydrogen-bond donors (Lipinski definition) is 1. The minimum Gasteiger partial charge on any atom is -0.312 e. The van der Waals surface area contributed by atoms with Crippen LogP contribution in [0.15, 0.2) is 27.1 Å². The number of rotatable bonds is 5. The molecule has 3 nitrogen and oxygen atoms in total. The Morgan fingerprint density at radius 3 is 2.38 bits per heavy atom. The number of aryl methyl sites for hydroxylation is 1. The molecule has 2 rings (SSSR count). The molecule has 6 heteroatoms. The summed E-state index contributed by atoms with van der Waals surface area (Å²) >= 11 is 8.68. The van der Waals surface area contributed by atoms with Crippen LogP contribution in [0.2, 0.25) is 0 Å². The van der Waals surface area contributed by atoms with Crippen LogP contribution in [0.3, 0.4) is 0 Å². The zero-order chi connectivity index (χ0) is 15.5. The smallest absolute Gasteiger partial charge is 0.147 e. The zero-order valence-corrected chi connectivity index (χ0v) is 16.4. The second-order valence-electron chi connectivity index (χ2n) is 5.94. The number of nitrogens with one attached hydrogen (secondary N) is 1. The Morgan fingerprint density at radius 2 is 1.76 bits per heavy atom. The highest BCUT2D eigenvalue weighted by molar-refractivity contribution is 9.11. The minimum atomic E-state index is 0.175. The first-order chi connectivity index (χ1) is 9.83. The van der Waals surface area contributed by atoms with Gasteiger partial charge in [-0.3, -0.25) is 0 Å². The highest BCUT2D eigenvalue weighted by Gasteiger charge is 2.10. The van der Waals surface area contributed by atoms with Crippen LogP contribution in [0.25, 0.3) is 10.6 Å². The van der Waals surface area contributed by atoms with E-state index < -0.39 is 0 Å². The molecule has 2 aromatic rings. The average molecular weight is 433 g/mol. The first-order valence-electron chi connectivity index (χ1n) is 6.87. The van der Waals surface area contributed by atoms with Crippen molar-refractivity contribution in [3.05, 3.63) is 32.2 Å². The van der Waals surface area contributed by atoms with E-state index in [0.717, 1.165) is 43.9 Å². The molecule has 0 aliphatic heterocycles. The second-order valence-corrected chi connectivity index (χ2v) is 8.83. The van der Waals surface area contributed by atoms with E-state index in [9.17, 15) is 0 Å². The molecule has 0 aliphatic rings. The third-order valence-electron chi connectivity index (χ3n) is 2.80. The summed E-state index contributed by atoms with van der Waals surface area (Å²) in [6.45, 7) is 7.55. The lowest BCUT2D eigenvalue weighted by Crippen LogP contribution is -2.36. The van der Waals surface area contributed by atoms with Crippen LogP contribution in [0.4, 0.5) is 0 Å². The zero-order valence-electron chi connectivity index (χ0n) is 12.4. The van der Waals surface area contributed by atoms with Gasteiger partial charge in [0.2, 0.25) is 0 Å². The number of benzene rings is 1. The van der Waals surface area contributed by atoms with E-state index in [0.29, 0.717) is 0 Å². The van der Waals surface area contributed by atoms with E-state index in [1.54, 1.807) is 11.3 Å². The van der Waals surface area contributed by atoms with Crippen molar-refractivity contribution in [2.45, 2.75) is 39.2 Å². The van der Waals surface area contributed by atoms with Crippen LogP contribution in [-0.4, -0.2) is 22.3 Å². The van der Waals surface area contributed by atoms with Gasteiger partial charge in [-0.1, -0.05) is 43.2 Å². The van der Waals surface area contributed by atoms with Crippen molar-refractivity contribution in [3.63, 3.8) is 0 Å². The molecule has 21 heavy (non-hydrogen) atoms. The van der Waals surface area contributed by atoms with Gasteiger partial charge in [0.1, 0.15) is 10.0 Å². The predicted molar refractivity (Wildman–Crippen MR) is 96.8 cm³/mol. The quantitative estimate of drug-likeness (QED) is 0.671. The first kappa shape index (κ1) is 17.1. The van der Waals surface area contributed by atoms with Crippen molar-refractivity contribution in [1.29, 1.82) is 0 Å². The molecule has 0 amide bonds. The summed E-state index contributed by atoms with van der Waals surface area (Å²) in [4.78, 5) is 0. The topological polar surface area (TPSA) is 37.8 Å². The summed E-state index contributed by atoms with van der Waals surface area (Å²) in [7, 11) is 0. The predicted octanol–water partition coefficient (Wildman–Crippen LogP) is 5.05. The fourth-order valence-corrected chi connectivity index (χ4v) is 4.01. The van der Waals surface area contributed by atoms with Crippen molar-refractivity contribution in [2.75, 3.05) is 6.54 Å². The fourth-order valence-electron chi connectivity index (χ4n) is 1.85. The van der Waals surface area contributed by atoms with Crippen LogP contribution >= 0.6 is 43.2 Å². The van der Waals surface area contributed by atoms with Gasteiger partial charge in [-0.25, -0.2) is 0 Å². The molecule has 1 N–H and O–H groups in total. The maximum Gasteiger partial charge on any atom is 0.147 e. The van der Waals surface area contributed by atoms with Gasteiger partial charge >= 0.3 is 0 Å². The van der Waals surface area contributed by atoms with Crippen molar-refractivity contribution in [3.8, 4) is 10.6 Å². The molecule has 0 fully saturated rings. The molecule has 1 aromatic carbocycles. The molecule has 0 atom stereocenters. The van der Waals surface area contributed by atoms with Crippen LogP contribution in [-0.2, 0) is 6.42 Å². The standard InChI is InChI=1S/C15H19Br2N3S/c1-15(2,3)18-6-4-5-13-19-20-14(21-13)10-7-11(16)9-12(17)8-10/h7-9,18H,4-6H2,1-3H3. The van der Waals surface area contributed by atoms with Gasteiger partial charge in [0, 0.05) is 26.5 Å². The Kier molecular flexibility index (Phi) is 5.94. The number of hydrogen-bond acceptors (Lipinski definition) is 4. The van der Waals surface area contributed by atoms with Gasteiger partial charge in [-0.05, 0) is 51.9 Å². The van der Waals surface area contributed by atoms with Crippen molar-refractivity contribution in [2.24, 2.45) is 0 Å². The maximum atomic E-state index is 4.30. The third kappa shape index (κ3) is 5.77. The SMILES string of the molecule is CC(C)(C)NCCCc1nnc(-c2cc(Br)cc(Br)c2)s1. The number of aromatic nitrogens is 2. The number of halogens is 2. The van der Waals surface area contributed by atoms with Gasteiger partial charge < -0.3 is 5.32 Å². The Morgan fingerprint density at radius 1 is 1.10 bits per heavy atom. The monoisotopic (exact) mass is 431 g/mol. The minimum absolute atomic E-state index is 0.175. The summed E-state index contributed by atoms with van der Waals surface area (Å²) in [6.07, 6.45) is 2.05. The van der Waals surface area contributed by atoms with Crippen LogP contribution in [0.5, 0.6) is 0 Å². The lowest BCUT2D eigenvalue weighted by molar-refractivity contribution is 0.422. The van der Waals surface area contributed by atoms with E-state index >= 15 is 0 Å². The Hall–Kier alpha value is -0.300. The molecule has 0 aliphatic carbocycles. The second kappa shape index (κ2) is 7.31. The molecule has 0 bridgehead atoms. The summed E-state index contributed by atoms with van der Waals surface area (Å²) in [5.41, 5.74) is 1.27. The molecule has 1 heterocycles. The van der Waals surface area contributed by atoms with Gasteiger partial charge in [0.05, 0.1) is 0 Å². The summed E-state index contributed by atoms with van der Waals surface area (Å²) < 4.78 is 2.08. The third-order valence-corrected chi connectivity index (χ3v) is 4.75. The molecule has 114 valence electrons. The van der Waals surface area contributed by atoms with Gasteiger partial charge in [-0.2, -0.15) is 0 Å². The molecular weight excluding hydrogens is 414 g/mol. The van der Waals surface area contributed by atoms with Gasteiger partial charge in [0.25, 0.3) is 0 Å². The summed E-state index contributed by atoms with van der Waals surface area (Å²) in [5.74, 6) is 0. The van der Waals surface area contributed by atoms with Crippen molar-refractivity contribution in [1.82, 2.24) is 15.5 Å². The molecule has 0 radical (unpaired) electrons. The fraction of sp³-hybridized carbons (Fsp3) is 0.467. The van der Waals surface area contributed by atoms with Crippen molar-refractivity contribution >= 4 is 43.2 Å². The Balaban J connectivity index is 1.95. The van der Waals surface area contributed by atoms with Crippen molar-refractivity contribution < 1.29 is 0 Å². The Bertz CT molecular complexity index is 585. The molecular formula is C15H19Br2N3S. The van der Waals surface area contributed by atoms with Crippen LogP contribution in [0.1, 0.15) is 32.2 Å². The van der Waals surface area contributed by atoms with E-state index in [1.807, 2.05) is 6.07 Å². The van der Waals surface area contributed by atoms with Crippen LogP contribution < -0.4 is 5.32 Å². The van der Waals surface area contributed by atoms with E-state index in [4.69, 9.17) is 0 Å². The highest BCUT2D eigenvalue weighted by atomic mass is 79.9.